The minimum atomic E-state index is -0.252. The number of amides is 3. The molecule has 2 aliphatic heterocycles. The SMILES string of the molecule is O=C(CN1C(=O)CCC1=O)NC1CCN(c2cc(C3CC3)[nH]n2)CC1. The van der Waals surface area contributed by atoms with Gasteiger partial charge >= 0.3 is 0 Å². The Hall–Kier alpha value is -2.38. The molecule has 25 heavy (non-hydrogen) atoms. The number of rotatable bonds is 5. The summed E-state index contributed by atoms with van der Waals surface area (Å²) in [6.07, 6.45) is 4.60. The van der Waals surface area contributed by atoms with E-state index in [2.05, 4.69) is 26.5 Å². The molecule has 0 aromatic carbocycles. The topological polar surface area (TPSA) is 98.4 Å². The first-order valence-electron chi connectivity index (χ1n) is 9.03. The van der Waals surface area contributed by atoms with Crippen molar-refractivity contribution >= 4 is 23.5 Å². The standard InChI is InChI=1S/C17H23N5O3/c23-15(10-22-16(24)3-4-17(22)25)18-12-5-7-21(8-6-12)14-9-13(19-20-14)11-1-2-11/h9,11-12H,1-8,10H2,(H,18,23)(H,19,20). The summed E-state index contributed by atoms with van der Waals surface area (Å²) in [4.78, 5) is 38.6. The van der Waals surface area contributed by atoms with Crippen molar-refractivity contribution in [3.63, 3.8) is 0 Å². The Bertz CT molecular complexity index is 672. The highest BCUT2D eigenvalue weighted by Gasteiger charge is 2.31. The number of aromatic nitrogens is 2. The molecule has 134 valence electrons. The van der Waals surface area contributed by atoms with Crippen LogP contribution >= 0.6 is 0 Å². The Kier molecular flexibility index (Phi) is 4.19. The number of H-pyrrole nitrogens is 1. The van der Waals surface area contributed by atoms with Crippen molar-refractivity contribution in [2.24, 2.45) is 0 Å². The van der Waals surface area contributed by atoms with Crippen LogP contribution in [-0.2, 0) is 14.4 Å². The van der Waals surface area contributed by atoms with E-state index in [0.29, 0.717) is 5.92 Å². The molecule has 3 amide bonds. The van der Waals surface area contributed by atoms with Crippen LogP contribution in [0, 0.1) is 0 Å². The van der Waals surface area contributed by atoms with Gasteiger partial charge in [0.15, 0.2) is 5.82 Å². The normalized spacial score (nSPS) is 21.9. The molecular formula is C17H23N5O3. The van der Waals surface area contributed by atoms with E-state index in [-0.39, 0.29) is 43.1 Å². The van der Waals surface area contributed by atoms with E-state index in [4.69, 9.17) is 0 Å². The maximum absolute atomic E-state index is 12.1. The van der Waals surface area contributed by atoms with E-state index in [1.807, 2.05) is 0 Å². The highest BCUT2D eigenvalue weighted by molar-refractivity contribution is 6.04. The Balaban J connectivity index is 1.24. The third-order valence-electron chi connectivity index (χ3n) is 5.24. The molecule has 2 saturated heterocycles. The van der Waals surface area contributed by atoms with E-state index in [0.717, 1.165) is 36.6 Å². The van der Waals surface area contributed by atoms with Crippen molar-refractivity contribution in [2.45, 2.75) is 50.5 Å². The maximum Gasteiger partial charge on any atom is 0.240 e. The summed E-state index contributed by atoms with van der Waals surface area (Å²) < 4.78 is 0. The number of aromatic amines is 1. The monoisotopic (exact) mass is 345 g/mol. The second kappa shape index (κ2) is 6.50. The van der Waals surface area contributed by atoms with Crippen molar-refractivity contribution in [3.8, 4) is 0 Å². The zero-order chi connectivity index (χ0) is 17.4. The van der Waals surface area contributed by atoms with Crippen molar-refractivity contribution < 1.29 is 14.4 Å². The summed E-state index contributed by atoms with van der Waals surface area (Å²) in [5.74, 6) is 0.895. The van der Waals surface area contributed by atoms with Gasteiger partial charge in [0, 0.05) is 49.7 Å². The molecule has 2 N–H and O–H groups in total. The minimum Gasteiger partial charge on any atom is -0.355 e. The fraction of sp³-hybridized carbons (Fsp3) is 0.647. The Morgan fingerprint density at radius 3 is 2.48 bits per heavy atom. The lowest BCUT2D eigenvalue weighted by atomic mass is 10.0. The van der Waals surface area contributed by atoms with Gasteiger partial charge in [0.1, 0.15) is 6.54 Å². The molecule has 1 aromatic rings. The minimum absolute atomic E-state index is 0.0819. The molecule has 1 saturated carbocycles. The summed E-state index contributed by atoms with van der Waals surface area (Å²) in [5.41, 5.74) is 1.23. The van der Waals surface area contributed by atoms with Crippen LogP contribution in [0.15, 0.2) is 6.07 Å². The lowest BCUT2D eigenvalue weighted by Gasteiger charge is -2.32. The average Bonchev–Trinajstić information content (AvgIpc) is 3.26. The lowest BCUT2D eigenvalue weighted by Crippen LogP contribution is -2.48. The molecule has 8 nitrogen and oxygen atoms in total. The molecule has 0 unspecified atom stereocenters. The number of likely N-dealkylation sites (tertiary alicyclic amines) is 1. The highest BCUT2D eigenvalue weighted by atomic mass is 16.2. The van der Waals surface area contributed by atoms with Crippen molar-refractivity contribution in [1.29, 1.82) is 0 Å². The largest absolute Gasteiger partial charge is 0.355 e. The van der Waals surface area contributed by atoms with Crippen molar-refractivity contribution in [3.05, 3.63) is 11.8 Å². The summed E-state index contributed by atoms with van der Waals surface area (Å²) in [7, 11) is 0. The van der Waals surface area contributed by atoms with Crippen LogP contribution in [0.3, 0.4) is 0 Å². The molecule has 0 atom stereocenters. The van der Waals surface area contributed by atoms with Gasteiger partial charge in [-0.25, -0.2) is 0 Å². The number of carbonyl (C=O) groups is 3. The number of nitrogens with one attached hydrogen (secondary N) is 2. The van der Waals surface area contributed by atoms with Crippen LogP contribution in [0.2, 0.25) is 0 Å². The predicted octanol–water partition coefficient (Wildman–Crippen LogP) is 0.521. The van der Waals surface area contributed by atoms with Gasteiger partial charge in [0.05, 0.1) is 0 Å². The van der Waals surface area contributed by atoms with Crippen LogP contribution in [0.5, 0.6) is 0 Å². The molecule has 3 fully saturated rings. The summed E-state index contributed by atoms with van der Waals surface area (Å²) in [5, 5.41) is 10.5. The first-order chi connectivity index (χ1) is 12.1. The zero-order valence-electron chi connectivity index (χ0n) is 14.2. The van der Waals surface area contributed by atoms with Gasteiger partial charge in [-0.15, -0.1) is 0 Å². The van der Waals surface area contributed by atoms with Gasteiger partial charge < -0.3 is 10.2 Å². The molecule has 0 spiro atoms. The number of hydrogen-bond donors (Lipinski definition) is 2. The average molecular weight is 345 g/mol. The molecule has 0 bridgehead atoms. The van der Waals surface area contributed by atoms with Gasteiger partial charge in [0.2, 0.25) is 17.7 Å². The summed E-state index contributed by atoms with van der Waals surface area (Å²) >= 11 is 0. The second-order valence-corrected chi connectivity index (χ2v) is 7.16. The van der Waals surface area contributed by atoms with Crippen LogP contribution in [-0.4, -0.2) is 58.5 Å². The molecule has 3 heterocycles. The Labute approximate surface area is 145 Å². The third-order valence-corrected chi connectivity index (χ3v) is 5.24. The fourth-order valence-corrected chi connectivity index (χ4v) is 3.56. The lowest BCUT2D eigenvalue weighted by molar-refractivity contribution is -0.142. The van der Waals surface area contributed by atoms with E-state index >= 15 is 0 Å². The highest BCUT2D eigenvalue weighted by Crippen LogP contribution is 2.40. The second-order valence-electron chi connectivity index (χ2n) is 7.16. The van der Waals surface area contributed by atoms with Crippen molar-refractivity contribution in [2.75, 3.05) is 24.5 Å². The molecule has 8 heteroatoms. The van der Waals surface area contributed by atoms with Crippen LogP contribution in [0.1, 0.15) is 50.1 Å². The fourth-order valence-electron chi connectivity index (χ4n) is 3.56. The van der Waals surface area contributed by atoms with Gasteiger partial charge in [-0.2, -0.15) is 5.10 Å². The number of carbonyl (C=O) groups excluding carboxylic acids is 3. The third kappa shape index (κ3) is 3.52. The quantitative estimate of drug-likeness (QED) is 0.758. The molecule has 0 radical (unpaired) electrons. The predicted molar refractivity (Wildman–Crippen MR) is 89.9 cm³/mol. The first kappa shape index (κ1) is 16.1. The molecule has 1 aromatic heterocycles. The molecule has 4 rings (SSSR count). The van der Waals surface area contributed by atoms with Crippen LogP contribution in [0.4, 0.5) is 5.82 Å². The van der Waals surface area contributed by atoms with Gasteiger partial charge in [-0.1, -0.05) is 0 Å². The van der Waals surface area contributed by atoms with E-state index in [9.17, 15) is 14.4 Å². The van der Waals surface area contributed by atoms with Gasteiger partial charge in [0.25, 0.3) is 0 Å². The van der Waals surface area contributed by atoms with Crippen LogP contribution in [0.25, 0.3) is 0 Å². The molecule has 1 aliphatic carbocycles. The number of piperidine rings is 1. The zero-order valence-corrected chi connectivity index (χ0v) is 14.2. The Morgan fingerprint density at radius 2 is 1.84 bits per heavy atom. The number of anilines is 1. The summed E-state index contributed by atoms with van der Waals surface area (Å²) in [6.45, 7) is 1.52. The maximum atomic E-state index is 12.1. The number of nitrogens with zero attached hydrogens (tertiary/aromatic N) is 3. The molecular weight excluding hydrogens is 322 g/mol. The smallest absolute Gasteiger partial charge is 0.240 e. The first-order valence-corrected chi connectivity index (χ1v) is 9.03. The Morgan fingerprint density at radius 1 is 1.16 bits per heavy atom. The van der Waals surface area contributed by atoms with Crippen molar-refractivity contribution in [1.82, 2.24) is 20.4 Å². The van der Waals surface area contributed by atoms with Gasteiger partial charge in [-0.05, 0) is 25.7 Å². The van der Waals surface area contributed by atoms with E-state index in [1.165, 1.54) is 18.5 Å². The van der Waals surface area contributed by atoms with Gasteiger partial charge in [-0.3, -0.25) is 24.4 Å². The number of imide groups is 1. The molecule has 3 aliphatic rings. The van der Waals surface area contributed by atoms with E-state index in [1.54, 1.807) is 0 Å². The number of hydrogen-bond acceptors (Lipinski definition) is 5. The van der Waals surface area contributed by atoms with E-state index < -0.39 is 0 Å². The van der Waals surface area contributed by atoms with Crippen LogP contribution < -0.4 is 10.2 Å². The summed E-state index contributed by atoms with van der Waals surface area (Å²) in [6, 6.07) is 2.22.